The van der Waals surface area contributed by atoms with Gasteiger partial charge in [0, 0.05) is 42.2 Å². The predicted molar refractivity (Wildman–Crippen MR) is 142 cm³/mol. The van der Waals surface area contributed by atoms with Crippen LogP contribution >= 0.6 is 23.5 Å². The molecule has 0 saturated carbocycles. The molecule has 0 unspecified atom stereocenters. The zero-order chi connectivity index (χ0) is 23.2. The van der Waals surface area contributed by atoms with Crippen LogP contribution in [0.3, 0.4) is 0 Å². The van der Waals surface area contributed by atoms with Gasteiger partial charge in [-0.15, -0.1) is 11.8 Å². The molecule has 34 heavy (non-hydrogen) atoms. The lowest BCUT2D eigenvalue weighted by Gasteiger charge is -2.28. The van der Waals surface area contributed by atoms with Crippen LogP contribution in [0.1, 0.15) is 22.4 Å². The standard InChI is InChI=1S/C27H30N4OS2/c1-20-25(19-34-27-29-23-8-4-5-9-24(23)30-27)28-12-10-26(20)33-17-16-32-15-14-31-13-11-21-6-2-3-7-22(21)18-31/h2-10,12H,11,13-19H2,1H3,(H,29,30). The minimum absolute atomic E-state index is 0.764. The van der Waals surface area contributed by atoms with Crippen molar-refractivity contribution in [3.05, 3.63) is 83.2 Å². The molecule has 5 rings (SSSR count). The summed E-state index contributed by atoms with van der Waals surface area (Å²) in [5, 5.41) is 0.936. The van der Waals surface area contributed by atoms with Crippen LogP contribution in [0.2, 0.25) is 0 Å². The Labute approximate surface area is 209 Å². The number of aromatic nitrogens is 3. The number of hydrogen-bond acceptors (Lipinski definition) is 6. The van der Waals surface area contributed by atoms with Gasteiger partial charge in [0.2, 0.25) is 0 Å². The van der Waals surface area contributed by atoms with Gasteiger partial charge >= 0.3 is 0 Å². The van der Waals surface area contributed by atoms with Crippen LogP contribution in [0.25, 0.3) is 11.0 Å². The summed E-state index contributed by atoms with van der Waals surface area (Å²) in [5.74, 6) is 1.75. The molecule has 1 aliphatic heterocycles. The number of nitrogens with zero attached hydrogens (tertiary/aromatic N) is 3. The van der Waals surface area contributed by atoms with Crippen molar-refractivity contribution in [3.63, 3.8) is 0 Å². The maximum atomic E-state index is 5.96. The quantitative estimate of drug-likeness (QED) is 0.226. The van der Waals surface area contributed by atoms with Crippen LogP contribution in [0, 0.1) is 6.92 Å². The minimum Gasteiger partial charge on any atom is -0.379 e. The molecule has 0 atom stereocenters. The molecule has 0 saturated heterocycles. The van der Waals surface area contributed by atoms with Crippen molar-refractivity contribution < 1.29 is 4.74 Å². The molecule has 0 amide bonds. The summed E-state index contributed by atoms with van der Waals surface area (Å²) in [4.78, 5) is 16.4. The highest BCUT2D eigenvalue weighted by atomic mass is 32.2. The zero-order valence-electron chi connectivity index (χ0n) is 19.5. The molecule has 0 fully saturated rings. The second-order valence-electron chi connectivity index (χ2n) is 8.48. The largest absolute Gasteiger partial charge is 0.379 e. The lowest BCUT2D eigenvalue weighted by molar-refractivity contribution is 0.110. The Morgan fingerprint density at radius 1 is 1.00 bits per heavy atom. The third-order valence-corrected chi connectivity index (χ3v) is 8.23. The molecule has 1 N–H and O–H groups in total. The Morgan fingerprint density at radius 2 is 1.85 bits per heavy atom. The number of nitrogens with one attached hydrogen (secondary N) is 1. The maximum absolute atomic E-state index is 5.96. The third kappa shape index (κ3) is 5.84. The number of ether oxygens (including phenoxy) is 1. The van der Waals surface area contributed by atoms with Crippen molar-refractivity contribution in [2.75, 3.05) is 32.1 Å². The molecular formula is C27H30N4OS2. The van der Waals surface area contributed by atoms with Crippen LogP contribution in [-0.4, -0.2) is 51.9 Å². The van der Waals surface area contributed by atoms with Crippen LogP contribution in [0.4, 0.5) is 0 Å². The fourth-order valence-corrected chi connectivity index (χ4v) is 6.07. The number of para-hydroxylation sites is 2. The van der Waals surface area contributed by atoms with Gasteiger partial charge in [0.05, 0.1) is 29.9 Å². The van der Waals surface area contributed by atoms with E-state index in [0.717, 1.165) is 72.7 Å². The molecule has 0 bridgehead atoms. The molecule has 176 valence electrons. The lowest BCUT2D eigenvalue weighted by Crippen LogP contribution is -2.33. The van der Waals surface area contributed by atoms with E-state index in [1.807, 2.05) is 36.2 Å². The molecule has 0 radical (unpaired) electrons. The molecule has 1 aliphatic rings. The number of imidazole rings is 1. The number of H-pyrrole nitrogens is 1. The number of aromatic amines is 1. The Hall–Kier alpha value is -2.32. The van der Waals surface area contributed by atoms with Gasteiger partial charge in [0.25, 0.3) is 0 Å². The van der Waals surface area contributed by atoms with Crippen molar-refractivity contribution in [2.45, 2.75) is 35.7 Å². The molecule has 7 heteroatoms. The second kappa shape index (κ2) is 11.4. The van der Waals surface area contributed by atoms with Crippen LogP contribution < -0.4 is 0 Å². The first kappa shape index (κ1) is 23.4. The molecule has 2 aromatic carbocycles. The van der Waals surface area contributed by atoms with Crippen LogP contribution in [0.5, 0.6) is 0 Å². The van der Waals surface area contributed by atoms with Gasteiger partial charge < -0.3 is 9.72 Å². The van der Waals surface area contributed by atoms with E-state index in [-0.39, 0.29) is 0 Å². The smallest absolute Gasteiger partial charge is 0.166 e. The summed E-state index contributed by atoms with van der Waals surface area (Å²) < 4.78 is 5.96. The van der Waals surface area contributed by atoms with Gasteiger partial charge in [-0.25, -0.2) is 4.98 Å². The molecule has 0 aliphatic carbocycles. The summed E-state index contributed by atoms with van der Waals surface area (Å²) in [6, 6.07) is 19.0. The highest BCUT2D eigenvalue weighted by Gasteiger charge is 2.15. The van der Waals surface area contributed by atoms with Gasteiger partial charge in [-0.05, 0) is 48.2 Å². The van der Waals surface area contributed by atoms with Gasteiger partial charge in [-0.3, -0.25) is 9.88 Å². The molecular weight excluding hydrogens is 460 g/mol. The number of rotatable bonds is 10. The molecule has 4 aromatic rings. The van der Waals surface area contributed by atoms with E-state index in [9.17, 15) is 0 Å². The monoisotopic (exact) mass is 490 g/mol. The Balaban J connectivity index is 1.04. The van der Waals surface area contributed by atoms with Crippen molar-refractivity contribution in [3.8, 4) is 0 Å². The molecule has 0 spiro atoms. The van der Waals surface area contributed by atoms with E-state index in [1.54, 1.807) is 11.8 Å². The van der Waals surface area contributed by atoms with E-state index in [2.05, 4.69) is 63.2 Å². The first-order valence-corrected chi connectivity index (χ1v) is 13.7. The highest BCUT2D eigenvalue weighted by Crippen LogP contribution is 2.28. The number of thioether (sulfide) groups is 2. The highest BCUT2D eigenvalue weighted by molar-refractivity contribution is 7.99. The summed E-state index contributed by atoms with van der Waals surface area (Å²) in [5.41, 5.74) is 7.41. The Kier molecular flexibility index (Phi) is 7.86. The summed E-state index contributed by atoms with van der Waals surface area (Å²) in [6.07, 6.45) is 3.06. The molecule has 2 aromatic heterocycles. The van der Waals surface area contributed by atoms with Crippen molar-refractivity contribution in [1.82, 2.24) is 19.9 Å². The van der Waals surface area contributed by atoms with Crippen LogP contribution in [0.15, 0.2) is 70.8 Å². The first-order valence-electron chi connectivity index (χ1n) is 11.8. The predicted octanol–water partition coefficient (Wildman–Crippen LogP) is 5.73. The second-order valence-corrected chi connectivity index (χ2v) is 10.6. The summed E-state index contributed by atoms with van der Waals surface area (Å²) in [7, 11) is 0. The van der Waals surface area contributed by atoms with Crippen molar-refractivity contribution in [1.29, 1.82) is 0 Å². The number of benzene rings is 2. The lowest BCUT2D eigenvalue weighted by atomic mass is 10.0. The van der Waals surface area contributed by atoms with Gasteiger partial charge in [-0.2, -0.15) is 0 Å². The first-order chi connectivity index (χ1) is 16.8. The van der Waals surface area contributed by atoms with Crippen molar-refractivity contribution in [2.24, 2.45) is 0 Å². The minimum atomic E-state index is 0.764. The van der Waals surface area contributed by atoms with E-state index in [1.165, 1.54) is 21.6 Å². The van der Waals surface area contributed by atoms with Crippen LogP contribution in [-0.2, 0) is 23.5 Å². The van der Waals surface area contributed by atoms with E-state index in [0.29, 0.717) is 0 Å². The Bertz CT molecular complexity index is 1210. The molecule has 3 heterocycles. The van der Waals surface area contributed by atoms with Gasteiger partial charge in [0.1, 0.15) is 0 Å². The number of hydrogen-bond donors (Lipinski definition) is 1. The molecule has 5 nitrogen and oxygen atoms in total. The Morgan fingerprint density at radius 3 is 2.76 bits per heavy atom. The van der Waals surface area contributed by atoms with E-state index in [4.69, 9.17) is 4.74 Å². The van der Waals surface area contributed by atoms with E-state index < -0.39 is 0 Å². The topological polar surface area (TPSA) is 54.0 Å². The zero-order valence-corrected chi connectivity index (χ0v) is 21.1. The average Bonchev–Trinajstić information content (AvgIpc) is 3.29. The summed E-state index contributed by atoms with van der Waals surface area (Å²) in [6.45, 7) is 6.88. The number of pyridine rings is 1. The number of fused-ring (bicyclic) bond motifs is 2. The SMILES string of the molecule is Cc1c(SCCOCCN2CCc3ccccc3C2)ccnc1CSc1nc2ccccc2[nH]1. The normalized spacial score (nSPS) is 13.9. The average molecular weight is 491 g/mol. The van der Waals surface area contributed by atoms with Gasteiger partial charge in [-0.1, -0.05) is 48.2 Å². The van der Waals surface area contributed by atoms with Crippen molar-refractivity contribution >= 4 is 34.6 Å². The van der Waals surface area contributed by atoms with Gasteiger partial charge in [0.15, 0.2) is 5.16 Å². The summed E-state index contributed by atoms with van der Waals surface area (Å²) >= 11 is 3.55. The third-order valence-electron chi connectivity index (χ3n) is 6.22. The maximum Gasteiger partial charge on any atom is 0.166 e. The fraction of sp³-hybridized carbons (Fsp3) is 0.333. The fourth-order valence-electron chi connectivity index (χ4n) is 4.25. The van der Waals surface area contributed by atoms with E-state index >= 15 is 0 Å².